The summed E-state index contributed by atoms with van der Waals surface area (Å²) in [6.07, 6.45) is 0. The first kappa shape index (κ1) is 14.1. The Hall–Kier alpha value is -2.36. The van der Waals surface area contributed by atoms with Crippen LogP contribution in [0.1, 0.15) is 34.5 Å². The van der Waals surface area contributed by atoms with Crippen LogP contribution in [-0.4, -0.2) is 5.91 Å². The van der Waals surface area contributed by atoms with E-state index in [9.17, 15) is 9.18 Å². The number of carbonyl (C=O) groups is 1. The summed E-state index contributed by atoms with van der Waals surface area (Å²) in [6.45, 7) is 3.77. The molecule has 0 aliphatic rings. The number of hydrogen-bond donors (Lipinski definition) is 2. The maximum absolute atomic E-state index is 13.7. The van der Waals surface area contributed by atoms with E-state index in [1.807, 2.05) is 13.8 Å². The Morgan fingerprint density at radius 1 is 1.25 bits per heavy atom. The molecule has 2 rings (SSSR count). The highest BCUT2D eigenvalue weighted by molar-refractivity contribution is 5.93. The molecule has 3 N–H and O–H groups in total. The largest absolute Gasteiger partial charge is 0.378 e. The minimum Gasteiger partial charge on any atom is -0.378 e. The molecule has 0 aromatic heterocycles. The number of hydrogen-bond acceptors (Lipinski definition) is 2. The molecule has 0 aliphatic carbocycles. The Morgan fingerprint density at radius 3 is 2.55 bits per heavy atom. The predicted molar refractivity (Wildman–Crippen MR) is 78.1 cm³/mol. The fourth-order valence-corrected chi connectivity index (χ4v) is 2.12. The van der Waals surface area contributed by atoms with E-state index in [4.69, 9.17) is 5.73 Å². The van der Waals surface area contributed by atoms with Gasteiger partial charge in [0.05, 0.1) is 6.04 Å². The molecule has 1 amide bonds. The molecule has 2 aromatic carbocycles. The minimum absolute atomic E-state index is 0.172. The number of carbonyl (C=O) groups excluding carboxylic acids is 1. The van der Waals surface area contributed by atoms with Gasteiger partial charge in [-0.1, -0.05) is 18.2 Å². The first-order valence-electron chi connectivity index (χ1n) is 6.40. The number of nitrogens with two attached hydrogens (primary N) is 1. The van der Waals surface area contributed by atoms with Gasteiger partial charge < -0.3 is 11.1 Å². The van der Waals surface area contributed by atoms with Crippen molar-refractivity contribution in [3.63, 3.8) is 0 Å². The normalized spacial score (nSPS) is 11.9. The van der Waals surface area contributed by atoms with Gasteiger partial charge in [0.1, 0.15) is 5.82 Å². The van der Waals surface area contributed by atoms with Crippen LogP contribution in [0.2, 0.25) is 0 Å². The number of rotatable bonds is 4. The number of nitrogens with one attached hydrogen (secondary N) is 1. The zero-order valence-electron chi connectivity index (χ0n) is 11.5. The molecule has 20 heavy (non-hydrogen) atoms. The third kappa shape index (κ3) is 2.96. The van der Waals surface area contributed by atoms with Gasteiger partial charge in [-0.05, 0) is 43.7 Å². The predicted octanol–water partition coefficient (Wildman–Crippen LogP) is 3.41. The van der Waals surface area contributed by atoms with E-state index in [0.29, 0.717) is 11.1 Å². The van der Waals surface area contributed by atoms with Gasteiger partial charge in [0.25, 0.3) is 0 Å². The van der Waals surface area contributed by atoms with Crippen LogP contribution in [0.5, 0.6) is 0 Å². The summed E-state index contributed by atoms with van der Waals surface area (Å²) in [5, 5.41) is 3.24. The number of halogens is 1. The van der Waals surface area contributed by atoms with Crippen molar-refractivity contribution < 1.29 is 9.18 Å². The van der Waals surface area contributed by atoms with Crippen LogP contribution in [0.25, 0.3) is 0 Å². The van der Waals surface area contributed by atoms with Crippen molar-refractivity contribution in [1.82, 2.24) is 0 Å². The Kier molecular flexibility index (Phi) is 4.03. The standard InChI is InChI=1S/C16H17FN2O/c1-10-9-12(16(18)20)7-8-15(10)19-11(2)13-5-3-4-6-14(13)17/h3-9,11,19H,1-2H3,(H2,18,20). The second-order valence-corrected chi connectivity index (χ2v) is 4.78. The molecule has 0 saturated heterocycles. The molecule has 2 aromatic rings. The zero-order valence-corrected chi connectivity index (χ0v) is 11.5. The van der Waals surface area contributed by atoms with Gasteiger partial charge in [-0.2, -0.15) is 0 Å². The fourth-order valence-electron chi connectivity index (χ4n) is 2.12. The molecule has 4 heteroatoms. The molecule has 0 saturated carbocycles. The molecular formula is C16H17FN2O. The minimum atomic E-state index is -0.457. The van der Waals surface area contributed by atoms with Crippen LogP contribution < -0.4 is 11.1 Å². The second kappa shape index (κ2) is 5.74. The van der Waals surface area contributed by atoms with Gasteiger partial charge in [-0.25, -0.2) is 4.39 Å². The summed E-state index contributed by atoms with van der Waals surface area (Å²) in [7, 11) is 0. The fraction of sp³-hybridized carbons (Fsp3) is 0.188. The molecule has 0 fully saturated rings. The number of primary amides is 1. The van der Waals surface area contributed by atoms with E-state index in [1.165, 1.54) is 6.07 Å². The van der Waals surface area contributed by atoms with Gasteiger partial charge >= 0.3 is 0 Å². The summed E-state index contributed by atoms with van der Waals surface area (Å²) in [6, 6.07) is 11.7. The number of amides is 1. The number of anilines is 1. The highest BCUT2D eigenvalue weighted by atomic mass is 19.1. The maximum atomic E-state index is 13.7. The van der Waals surface area contributed by atoms with Gasteiger partial charge in [-0.3, -0.25) is 4.79 Å². The smallest absolute Gasteiger partial charge is 0.248 e. The second-order valence-electron chi connectivity index (χ2n) is 4.78. The first-order valence-corrected chi connectivity index (χ1v) is 6.40. The zero-order chi connectivity index (χ0) is 14.7. The van der Waals surface area contributed by atoms with Crippen LogP contribution in [0.4, 0.5) is 10.1 Å². The lowest BCUT2D eigenvalue weighted by Gasteiger charge is -2.18. The Labute approximate surface area is 117 Å². The van der Waals surface area contributed by atoms with Crippen molar-refractivity contribution >= 4 is 11.6 Å². The van der Waals surface area contributed by atoms with Gasteiger partial charge in [0.15, 0.2) is 0 Å². The van der Waals surface area contributed by atoms with E-state index in [-0.39, 0.29) is 11.9 Å². The summed E-state index contributed by atoms with van der Waals surface area (Å²) < 4.78 is 13.7. The molecule has 0 aliphatic heterocycles. The Bertz CT molecular complexity index is 640. The topological polar surface area (TPSA) is 55.1 Å². The van der Waals surface area contributed by atoms with Crippen LogP contribution in [-0.2, 0) is 0 Å². The van der Waals surface area contributed by atoms with E-state index in [0.717, 1.165) is 11.3 Å². The van der Waals surface area contributed by atoms with Crippen molar-refractivity contribution in [2.24, 2.45) is 5.73 Å². The van der Waals surface area contributed by atoms with Crippen molar-refractivity contribution in [1.29, 1.82) is 0 Å². The molecule has 0 bridgehead atoms. The summed E-state index contributed by atoms with van der Waals surface area (Å²) in [5.74, 6) is -0.694. The summed E-state index contributed by atoms with van der Waals surface area (Å²) >= 11 is 0. The number of benzene rings is 2. The third-order valence-corrected chi connectivity index (χ3v) is 3.25. The quantitative estimate of drug-likeness (QED) is 0.896. The van der Waals surface area contributed by atoms with Crippen LogP contribution >= 0.6 is 0 Å². The highest BCUT2D eigenvalue weighted by Gasteiger charge is 2.11. The molecule has 1 unspecified atom stereocenters. The van der Waals surface area contributed by atoms with Crippen molar-refractivity contribution in [3.8, 4) is 0 Å². The highest BCUT2D eigenvalue weighted by Crippen LogP contribution is 2.24. The van der Waals surface area contributed by atoms with Crippen molar-refractivity contribution in [3.05, 3.63) is 65.0 Å². The molecule has 0 spiro atoms. The third-order valence-electron chi connectivity index (χ3n) is 3.25. The van der Waals surface area contributed by atoms with E-state index >= 15 is 0 Å². The molecular weight excluding hydrogens is 255 g/mol. The summed E-state index contributed by atoms with van der Waals surface area (Å²) in [5.41, 5.74) is 8.05. The Balaban J connectivity index is 2.22. The van der Waals surface area contributed by atoms with Gasteiger partial charge in [-0.15, -0.1) is 0 Å². The lowest BCUT2D eigenvalue weighted by atomic mass is 10.1. The van der Waals surface area contributed by atoms with Crippen LogP contribution in [0.3, 0.4) is 0 Å². The van der Waals surface area contributed by atoms with Gasteiger partial charge in [0, 0.05) is 16.8 Å². The average Bonchev–Trinajstić information content (AvgIpc) is 2.41. The average molecular weight is 272 g/mol. The summed E-state index contributed by atoms with van der Waals surface area (Å²) in [4.78, 5) is 11.1. The van der Waals surface area contributed by atoms with E-state index in [2.05, 4.69) is 5.32 Å². The molecule has 104 valence electrons. The van der Waals surface area contributed by atoms with Crippen molar-refractivity contribution in [2.75, 3.05) is 5.32 Å². The molecule has 0 radical (unpaired) electrons. The molecule has 0 heterocycles. The Morgan fingerprint density at radius 2 is 1.95 bits per heavy atom. The van der Waals surface area contributed by atoms with Gasteiger partial charge in [0.2, 0.25) is 5.91 Å². The molecule has 3 nitrogen and oxygen atoms in total. The lowest BCUT2D eigenvalue weighted by Crippen LogP contribution is -2.13. The maximum Gasteiger partial charge on any atom is 0.248 e. The SMILES string of the molecule is Cc1cc(C(N)=O)ccc1NC(C)c1ccccc1F. The first-order chi connectivity index (χ1) is 9.49. The monoisotopic (exact) mass is 272 g/mol. The molecule has 1 atom stereocenters. The van der Waals surface area contributed by atoms with E-state index in [1.54, 1.807) is 36.4 Å². The van der Waals surface area contributed by atoms with Crippen LogP contribution in [0.15, 0.2) is 42.5 Å². The number of aryl methyl sites for hydroxylation is 1. The van der Waals surface area contributed by atoms with E-state index < -0.39 is 5.91 Å². The lowest BCUT2D eigenvalue weighted by molar-refractivity contribution is 0.1000. The van der Waals surface area contributed by atoms with Crippen LogP contribution in [0, 0.1) is 12.7 Å². The van der Waals surface area contributed by atoms with Crippen molar-refractivity contribution in [2.45, 2.75) is 19.9 Å².